The number of hydrogen-bond donors (Lipinski definition) is 2. The maximum Gasteiger partial charge on any atom is 0.337 e. The van der Waals surface area contributed by atoms with Crippen molar-refractivity contribution in [2.75, 3.05) is 11.9 Å². The summed E-state index contributed by atoms with van der Waals surface area (Å²) in [6.45, 7) is 4.28. The highest BCUT2D eigenvalue weighted by atomic mass is 16.5. The van der Waals surface area contributed by atoms with E-state index in [9.17, 15) is 14.4 Å². The maximum atomic E-state index is 12.6. The minimum Gasteiger partial charge on any atom is -0.456 e. The summed E-state index contributed by atoms with van der Waals surface area (Å²) in [5, 5.41) is 3.08. The van der Waals surface area contributed by atoms with Crippen molar-refractivity contribution in [3.63, 3.8) is 0 Å². The van der Waals surface area contributed by atoms with Crippen molar-refractivity contribution in [1.82, 2.24) is 9.55 Å². The van der Waals surface area contributed by atoms with E-state index in [0.717, 1.165) is 11.1 Å². The van der Waals surface area contributed by atoms with Crippen LogP contribution in [0.4, 0.5) is 5.82 Å². The van der Waals surface area contributed by atoms with Gasteiger partial charge in [-0.15, -0.1) is 0 Å². The van der Waals surface area contributed by atoms with E-state index in [-0.39, 0.29) is 6.61 Å². The standard InChI is InChI=1S/C18H17N3O4/c1-3-21-15-14(16(22)20-18(21)24)12(10-6-4-5-9(2)7-10)13-11(19-15)8-25-17(13)23/h4-7,12,19H,3,8H2,1-2H3,(H,20,22,24)/t12-/m1/s1. The van der Waals surface area contributed by atoms with Crippen LogP contribution in [0.2, 0.25) is 0 Å². The van der Waals surface area contributed by atoms with Crippen molar-refractivity contribution in [2.45, 2.75) is 26.3 Å². The van der Waals surface area contributed by atoms with Crippen LogP contribution in [0.5, 0.6) is 0 Å². The minimum absolute atomic E-state index is 0.112. The third-order valence-electron chi connectivity index (χ3n) is 4.67. The summed E-state index contributed by atoms with van der Waals surface area (Å²) in [4.78, 5) is 39.5. The Morgan fingerprint density at radius 1 is 1.28 bits per heavy atom. The zero-order chi connectivity index (χ0) is 17.7. The van der Waals surface area contributed by atoms with Gasteiger partial charge in [0.2, 0.25) is 0 Å². The number of benzene rings is 1. The molecule has 4 rings (SSSR count). The Kier molecular flexibility index (Phi) is 3.38. The molecule has 1 aromatic carbocycles. The Hall–Kier alpha value is -3.09. The van der Waals surface area contributed by atoms with Gasteiger partial charge in [0.15, 0.2) is 0 Å². The van der Waals surface area contributed by atoms with E-state index in [1.54, 1.807) is 0 Å². The Labute approximate surface area is 143 Å². The first kappa shape index (κ1) is 15.4. The molecule has 3 heterocycles. The SMILES string of the molecule is CCn1c2c(c(=O)[nH]c1=O)[C@H](c1cccc(C)c1)C1=C(COC1=O)N2. The number of nitrogens with zero attached hydrogens (tertiary/aromatic N) is 1. The van der Waals surface area contributed by atoms with Crippen LogP contribution in [0.1, 0.15) is 29.5 Å². The Balaban J connectivity index is 2.07. The molecule has 0 unspecified atom stereocenters. The lowest BCUT2D eigenvalue weighted by atomic mass is 9.82. The Morgan fingerprint density at radius 2 is 2.08 bits per heavy atom. The number of carbonyl (C=O) groups is 1. The number of esters is 1. The largest absolute Gasteiger partial charge is 0.456 e. The minimum atomic E-state index is -0.566. The number of anilines is 1. The number of carbonyl (C=O) groups excluding carboxylic acids is 1. The topological polar surface area (TPSA) is 93.2 Å². The lowest BCUT2D eigenvalue weighted by Gasteiger charge is -2.28. The summed E-state index contributed by atoms with van der Waals surface area (Å²) in [5.74, 6) is -0.573. The van der Waals surface area contributed by atoms with Gasteiger partial charge >= 0.3 is 11.7 Å². The van der Waals surface area contributed by atoms with E-state index >= 15 is 0 Å². The van der Waals surface area contributed by atoms with Crippen molar-refractivity contribution in [3.8, 4) is 0 Å². The number of H-pyrrole nitrogens is 1. The highest BCUT2D eigenvalue weighted by Gasteiger charge is 2.41. The molecule has 0 radical (unpaired) electrons. The fraction of sp³-hybridized carbons (Fsp3) is 0.278. The molecule has 7 nitrogen and oxygen atoms in total. The number of ether oxygens (including phenoxy) is 1. The molecular formula is C18H17N3O4. The molecule has 2 N–H and O–H groups in total. The lowest BCUT2D eigenvalue weighted by molar-refractivity contribution is -0.136. The Morgan fingerprint density at radius 3 is 2.80 bits per heavy atom. The first-order valence-electron chi connectivity index (χ1n) is 8.12. The normalized spacial score (nSPS) is 18.5. The van der Waals surface area contributed by atoms with Gasteiger partial charge in [-0.25, -0.2) is 9.59 Å². The molecule has 2 aliphatic rings. The van der Waals surface area contributed by atoms with Crippen molar-refractivity contribution >= 4 is 11.8 Å². The molecule has 0 fully saturated rings. The van der Waals surface area contributed by atoms with Crippen LogP contribution in [0, 0.1) is 6.92 Å². The van der Waals surface area contributed by atoms with E-state index in [1.807, 2.05) is 38.1 Å². The highest BCUT2D eigenvalue weighted by molar-refractivity contribution is 5.96. The average molecular weight is 339 g/mol. The van der Waals surface area contributed by atoms with Gasteiger partial charge < -0.3 is 10.1 Å². The quantitative estimate of drug-likeness (QED) is 0.803. The first-order valence-corrected chi connectivity index (χ1v) is 8.12. The van der Waals surface area contributed by atoms with E-state index in [4.69, 9.17) is 4.74 Å². The van der Waals surface area contributed by atoms with Gasteiger partial charge in [0.1, 0.15) is 12.4 Å². The zero-order valence-corrected chi connectivity index (χ0v) is 13.9. The number of aromatic amines is 1. The number of nitrogens with one attached hydrogen (secondary N) is 2. The number of aryl methyl sites for hydroxylation is 1. The lowest BCUT2D eigenvalue weighted by Crippen LogP contribution is -2.38. The summed E-state index contributed by atoms with van der Waals surface area (Å²) < 4.78 is 6.65. The zero-order valence-electron chi connectivity index (χ0n) is 13.9. The maximum absolute atomic E-state index is 12.6. The smallest absolute Gasteiger partial charge is 0.337 e. The molecule has 2 aromatic rings. The molecule has 128 valence electrons. The number of aromatic nitrogens is 2. The molecule has 1 atom stereocenters. The number of hydrogen-bond acceptors (Lipinski definition) is 5. The summed E-state index contributed by atoms with van der Waals surface area (Å²) in [7, 11) is 0. The van der Waals surface area contributed by atoms with Gasteiger partial charge in [-0.1, -0.05) is 29.8 Å². The molecule has 2 aliphatic heterocycles. The van der Waals surface area contributed by atoms with E-state index in [1.165, 1.54) is 4.57 Å². The summed E-state index contributed by atoms with van der Waals surface area (Å²) >= 11 is 0. The van der Waals surface area contributed by atoms with Crippen molar-refractivity contribution < 1.29 is 9.53 Å². The van der Waals surface area contributed by atoms with Crippen molar-refractivity contribution in [1.29, 1.82) is 0 Å². The number of fused-ring (bicyclic) bond motifs is 1. The number of cyclic esters (lactones) is 1. The summed E-state index contributed by atoms with van der Waals surface area (Å²) in [6.07, 6.45) is 0. The third-order valence-corrected chi connectivity index (χ3v) is 4.67. The average Bonchev–Trinajstić information content (AvgIpc) is 2.94. The second-order valence-electron chi connectivity index (χ2n) is 6.21. The van der Waals surface area contributed by atoms with E-state index in [2.05, 4.69) is 10.3 Å². The second-order valence-corrected chi connectivity index (χ2v) is 6.21. The fourth-order valence-corrected chi connectivity index (χ4v) is 3.57. The second kappa shape index (κ2) is 5.47. The molecule has 0 spiro atoms. The summed E-state index contributed by atoms with van der Waals surface area (Å²) in [5.41, 5.74) is 2.28. The van der Waals surface area contributed by atoms with E-state index in [0.29, 0.717) is 29.2 Å². The van der Waals surface area contributed by atoms with Crippen LogP contribution in [0.25, 0.3) is 0 Å². The van der Waals surface area contributed by atoms with Gasteiger partial charge in [0.25, 0.3) is 5.56 Å². The van der Waals surface area contributed by atoms with Crippen molar-refractivity contribution in [2.24, 2.45) is 0 Å². The predicted octanol–water partition coefficient (Wildman–Crippen LogP) is 1.23. The van der Waals surface area contributed by atoms with E-state index < -0.39 is 23.1 Å². The highest BCUT2D eigenvalue weighted by Crippen LogP contribution is 2.42. The molecule has 25 heavy (non-hydrogen) atoms. The van der Waals surface area contributed by atoms with Crippen molar-refractivity contribution in [3.05, 3.63) is 73.1 Å². The summed E-state index contributed by atoms with van der Waals surface area (Å²) in [6, 6.07) is 7.66. The fourth-order valence-electron chi connectivity index (χ4n) is 3.57. The third kappa shape index (κ3) is 2.23. The van der Waals surface area contributed by atoms with Gasteiger partial charge in [0.05, 0.1) is 22.8 Å². The molecular weight excluding hydrogens is 322 g/mol. The molecule has 0 saturated heterocycles. The number of rotatable bonds is 2. The van der Waals surface area contributed by atoms with Crippen LogP contribution in [-0.4, -0.2) is 22.1 Å². The van der Waals surface area contributed by atoms with Crippen LogP contribution in [0.3, 0.4) is 0 Å². The van der Waals surface area contributed by atoms with Crippen LogP contribution in [-0.2, 0) is 16.1 Å². The van der Waals surface area contributed by atoms with Gasteiger partial charge in [-0.3, -0.25) is 14.3 Å². The van der Waals surface area contributed by atoms with Gasteiger partial charge in [-0.2, -0.15) is 0 Å². The van der Waals surface area contributed by atoms with Gasteiger partial charge in [0, 0.05) is 6.54 Å². The predicted molar refractivity (Wildman–Crippen MR) is 91.6 cm³/mol. The van der Waals surface area contributed by atoms with Gasteiger partial charge in [-0.05, 0) is 19.4 Å². The molecule has 0 bridgehead atoms. The Bertz CT molecular complexity index is 1050. The van der Waals surface area contributed by atoms with Crippen LogP contribution >= 0.6 is 0 Å². The molecule has 7 heteroatoms. The molecule has 1 aromatic heterocycles. The van der Waals surface area contributed by atoms with Crippen LogP contribution in [0.15, 0.2) is 45.1 Å². The molecule has 0 aliphatic carbocycles. The molecule has 0 saturated carbocycles. The van der Waals surface area contributed by atoms with Crippen LogP contribution < -0.4 is 16.6 Å². The first-order chi connectivity index (χ1) is 12.0. The molecule has 0 amide bonds. The monoisotopic (exact) mass is 339 g/mol.